The quantitative estimate of drug-likeness (QED) is 0.858. The highest BCUT2D eigenvalue weighted by molar-refractivity contribution is 5.93. The Balaban J connectivity index is 2.12. The molecule has 0 aromatic heterocycles. The van der Waals surface area contributed by atoms with E-state index in [-0.39, 0.29) is 5.91 Å². The summed E-state index contributed by atoms with van der Waals surface area (Å²) < 4.78 is 0. The average Bonchev–Trinajstić information content (AvgIpc) is 2.75. The Kier molecular flexibility index (Phi) is 6.64. The van der Waals surface area contributed by atoms with Crippen LogP contribution in [0.4, 0.5) is 5.69 Å². The van der Waals surface area contributed by atoms with E-state index < -0.39 is 0 Å². The lowest BCUT2D eigenvalue weighted by atomic mass is 9.92. The van der Waals surface area contributed by atoms with E-state index in [4.69, 9.17) is 0 Å². The van der Waals surface area contributed by atoms with E-state index in [0.29, 0.717) is 18.4 Å². The van der Waals surface area contributed by atoms with Gasteiger partial charge in [-0.05, 0) is 48.6 Å². The van der Waals surface area contributed by atoms with E-state index >= 15 is 0 Å². The number of hydrogen-bond acceptors (Lipinski definition) is 1. The predicted molar refractivity (Wildman–Crippen MR) is 97.3 cm³/mol. The Hall–Kier alpha value is -1.35. The average molecular weight is 317 g/mol. The lowest BCUT2D eigenvalue weighted by Crippen LogP contribution is -3.12. The second kappa shape index (κ2) is 8.49. The molecule has 1 aromatic carbocycles. The SMILES string of the molecule is CC(C)c1cccc(C(C)C)c1NC(=O)C[NH+]1CCCCCC1. The second-order valence-corrected chi connectivity index (χ2v) is 7.51. The van der Waals surface area contributed by atoms with Gasteiger partial charge < -0.3 is 10.2 Å². The summed E-state index contributed by atoms with van der Waals surface area (Å²) in [7, 11) is 0. The standard InChI is InChI=1S/C20H32N2O/c1-15(2)17-10-9-11-18(16(3)4)20(17)21-19(23)14-22-12-7-5-6-8-13-22/h9-11,15-16H,5-8,12-14H2,1-4H3,(H,21,23)/p+1. The fourth-order valence-electron chi connectivity index (χ4n) is 3.51. The third kappa shape index (κ3) is 5.07. The largest absolute Gasteiger partial charge is 0.327 e. The van der Waals surface area contributed by atoms with E-state index in [1.54, 1.807) is 0 Å². The fraction of sp³-hybridized carbons (Fsp3) is 0.650. The third-order valence-corrected chi connectivity index (χ3v) is 4.86. The number of hydrogen-bond donors (Lipinski definition) is 2. The third-order valence-electron chi connectivity index (χ3n) is 4.86. The van der Waals surface area contributed by atoms with Gasteiger partial charge in [0.1, 0.15) is 0 Å². The second-order valence-electron chi connectivity index (χ2n) is 7.51. The molecule has 1 aliphatic heterocycles. The van der Waals surface area contributed by atoms with Gasteiger partial charge in [-0.3, -0.25) is 4.79 Å². The molecule has 128 valence electrons. The molecule has 0 aliphatic carbocycles. The van der Waals surface area contributed by atoms with Gasteiger partial charge in [0.15, 0.2) is 6.54 Å². The van der Waals surface area contributed by atoms with Crippen LogP contribution in [0.2, 0.25) is 0 Å². The molecule has 2 rings (SSSR count). The smallest absolute Gasteiger partial charge is 0.279 e. The van der Waals surface area contributed by atoms with Crippen LogP contribution in [0, 0.1) is 0 Å². The Labute approximate surface area is 141 Å². The minimum absolute atomic E-state index is 0.164. The number of likely N-dealkylation sites (tertiary alicyclic amines) is 1. The lowest BCUT2D eigenvalue weighted by molar-refractivity contribution is -0.890. The molecule has 1 heterocycles. The normalized spacial score (nSPS) is 16.6. The number of nitrogens with one attached hydrogen (secondary N) is 2. The summed E-state index contributed by atoms with van der Waals surface area (Å²) in [6, 6.07) is 6.40. The number of quaternary nitrogens is 1. The van der Waals surface area contributed by atoms with Crippen LogP contribution in [0.15, 0.2) is 18.2 Å². The lowest BCUT2D eigenvalue weighted by Gasteiger charge is -2.21. The van der Waals surface area contributed by atoms with Crippen molar-refractivity contribution >= 4 is 11.6 Å². The van der Waals surface area contributed by atoms with Crippen LogP contribution >= 0.6 is 0 Å². The van der Waals surface area contributed by atoms with Crippen molar-refractivity contribution in [3.05, 3.63) is 29.3 Å². The molecule has 0 unspecified atom stereocenters. The maximum absolute atomic E-state index is 12.6. The van der Waals surface area contributed by atoms with Gasteiger partial charge in [-0.15, -0.1) is 0 Å². The van der Waals surface area contributed by atoms with Crippen molar-refractivity contribution < 1.29 is 9.69 Å². The van der Waals surface area contributed by atoms with Crippen LogP contribution in [-0.4, -0.2) is 25.5 Å². The number of carbonyl (C=O) groups excluding carboxylic acids is 1. The van der Waals surface area contributed by atoms with Gasteiger partial charge in [-0.2, -0.15) is 0 Å². The van der Waals surface area contributed by atoms with Crippen LogP contribution in [0.3, 0.4) is 0 Å². The molecule has 1 aliphatic rings. The van der Waals surface area contributed by atoms with Crippen LogP contribution in [0.1, 0.15) is 76.3 Å². The highest BCUT2D eigenvalue weighted by Gasteiger charge is 2.20. The summed E-state index contributed by atoms with van der Waals surface area (Å²) in [4.78, 5) is 14.0. The van der Waals surface area contributed by atoms with E-state index in [0.717, 1.165) is 18.8 Å². The van der Waals surface area contributed by atoms with Gasteiger partial charge in [-0.1, -0.05) is 45.9 Å². The van der Waals surface area contributed by atoms with Gasteiger partial charge in [0.05, 0.1) is 13.1 Å². The summed E-state index contributed by atoms with van der Waals surface area (Å²) in [5, 5.41) is 3.25. The molecule has 0 radical (unpaired) electrons. The first-order valence-corrected chi connectivity index (χ1v) is 9.25. The highest BCUT2D eigenvalue weighted by Crippen LogP contribution is 2.32. The Bertz CT molecular complexity index is 488. The Morgan fingerprint density at radius 2 is 1.52 bits per heavy atom. The van der Waals surface area contributed by atoms with Gasteiger partial charge >= 0.3 is 0 Å². The first-order chi connectivity index (χ1) is 11.0. The molecule has 1 saturated heterocycles. The molecule has 1 amide bonds. The molecule has 2 N–H and O–H groups in total. The minimum Gasteiger partial charge on any atom is -0.327 e. The summed E-state index contributed by atoms with van der Waals surface area (Å²) in [5.74, 6) is 0.987. The molecule has 0 saturated carbocycles. The maximum Gasteiger partial charge on any atom is 0.279 e. The number of para-hydroxylation sites is 1. The number of amides is 1. The molecule has 3 heteroatoms. The van der Waals surface area contributed by atoms with E-state index in [2.05, 4.69) is 51.2 Å². The van der Waals surface area contributed by atoms with E-state index in [1.165, 1.54) is 41.7 Å². The molecule has 0 bridgehead atoms. The van der Waals surface area contributed by atoms with Gasteiger partial charge in [-0.25, -0.2) is 0 Å². The molecule has 1 aromatic rings. The Morgan fingerprint density at radius 1 is 1.00 bits per heavy atom. The zero-order chi connectivity index (χ0) is 16.8. The highest BCUT2D eigenvalue weighted by atomic mass is 16.2. The molecule has 3 nitrogen and oxygen atoms in total. The summed E-state index contributed by atoms with van der Waals surface area (Å²) >= 11 is 0. The summed E-state index contributed by atoms with van der Waals surface area (Å²) in [6.07, 6.45) is 5.14. The monoisotopic (exact) mass is 317 g/mol. The fourth-order valence-corrected chi connectivity index (χ4v) is 3.51. The van der Waals surface area contributed by atoms with E-state index in [9.17, 15) is 4.79 Å². The number of rotatable bonds is 5. The van der Waals surface area contributed by atoms with Gasteiger partial charge in [0, 0.05) is 5.69 Å². The number of benzene rings is 1. The summed E-state index contributed by atoms with van der Waals surface area (Å²) in [6.45, 7) is 11.6. The van der Waals surface area contributed by atoms with Crippen LogP contribution < -0.4 is 10.2 Å². The maximum atomic E-state index is 12.6. The van der Waals surface area contributed by atoms with Crippen molar-refractivity contribution in [1.29, 1.82) is 0 Å². The molecule has 0 atom stereocenters. The molecular weight excluding hydrogens is 284 g/mol. The van der Waals surface area contributed by atoms with Gasteiger partial charge in [0.2, 0.25) is 0 Å². The number of anilines is 1. The first kappa shape index (κ1) is 18.0. The van der Waals surface area contributed by atoms with Crippen molar-refractivity contribution in [1.82, 2.24) is 0 Å². The number of carbonyl (C=O) groups is 1. The first-order valence-electron chi connectivity index (χ1n) is 9.25. The molecular formula is C20H33N2O+. The van der Waals surface area contributed by atoms with Crippen LogP contribution in [-0.2, 0) is 4.79 Å². The van der Waals surface area contributed by atoms with Gasteiger partial charge in [0.25, 0.3) is 5.91 Å². The van der Waals surface area contributed by atoms with Crippen molar-refractivity contribution in [2.24, 2.45) is 0 Å². The molecule has 1 fully saturated rings. The van der Waals surface area contributed by atoms with Crippen molar-refractivity contribution in [3.63, 3.8) is 0 Å². The van der Waals surface area contributed by atoms with Crippen molar-refractivity contribution in [3.8, 4) is 0 Å². The molecule has 23 heavy (non-hydrogen) atoms. The summed E-state index contributed by atoms with van der Waals surface area (Å²) in [5.41, 5.74) is 3.54. The Morgan fingerprint density at radius 3 is 2.00 bits per heavy atom. The van der Waals surface area contributed by atoms with Crippen LogP contribution in [0.25, 0.3) is 0 Å². The predicted octanol–water partition coefficient (Wildman–Crippen LogP) is 3.33. The minimum atomic E-state index is 0.164. The zero-order valence-electron chi connectivity index (χ0n) is 15.2. The zero-order valence-corrected chi connectivity index (χ0v) is 15.2. The topological polar surface area (TPSA) is 33.5 Å². The van der Waals surface area contributed by atoms with Crippen LogP contribution in [0.5, 0.6) is 0 Å². The van der Waals surface area contributed by atoms with Crippen molar-refractivity contribution in [2.75, 3.05) is 25.0 Å². The van der Waals surface area contributed by atoms with E-state index in [1.807, 2.05) is 0 Å². The van der Waals surface area contributed by atoms with Crippen molar-refractivity contribution in [2.45, 2.75) is 65.2 Å². The molecule has 0 spiro atoms.